The van der Waals surface area contributed by atoms with Crippen molar-refractivity contribution in [3.05, 3.63) is 29.3 Å². The van der Waals surface area contributed by atoms with Gasteiger partial charge in [-0.2, -0.15) is 0 Å². The summed E-state index contributed by atoms with van der Waals surface area (Å²) in [6.45, 7) is 11.7. The molecule has 1 atom stereocenters. The summed E-state index contributed by atoms with van der Waals surface area (Å²) in [6.07, 6.45) is 5.90. The first-order valence-corrected chi connectivity index (χ1v) is 12.8. The summed E-state index contributed by atoms with van der Waals surface area (Å²) in [6, 6.07) is 4.18. The van der Waals surface area contributed by atoms with Crippen LogP contribution in [0.1, 0.15) is 96.7 Å². The number of phenolic OH excluding ortho intramolecular Hbond substituents is 1. The summed E-state index contributed by atoms with van der Waals surface area (Å²) in [4.78, 5) is 40.3. The predicted octanol–water partition coefficient (Wildman–Crippen LogP) is 4.98. The molecular weight excluding hydrogens is 446 g/mol. The third kappa shape index (κ3) is 11.0. The predicted molar refractivity (Wildman–Crippen MR) is 138 cm³/mol. The Hall–Kier alpha value is -2.77. The lowest BCUT2D eigenvalue weighted by Gasteiger charge is -2.32. The second-order valence-electron chi connectivity index (χ2n) is 9.92. The number of carbonyl (C=O) groups excluding carboxylic acids is 3. The van der Waals surface area contributed by atoms with Gasteiger partial charge >= 0.3 is 6.09 Å². The van der Waals surface area contributed by atoms with Gasteiger partial charge in [-0.15, -0.1) is 0 Å². The number of rotatable bonds is 14. The van der Waals surface area contributed by atoms with Gasteiger partial charge in [-0.1, -0.05) is 64.2 Å². The minimum absolute atomic E-state index is 0.00738. The second-order valence-corrected chi connectivity index (χ2v) is 9.92. The van der Waals surface area contributed by atoms with Crippen molar-refractivity contribution < 1.29 is 24.2 Å². The number of aryl methyl sites for hydroxylation is 1. The molecule has 0 bridgehead atoms. The summed E-state index contributed by atoms with van der Waals surface area (Å²) in [5.41, 5.74) is 0.301. The summed E-state index contributed by atoms with van der Waals surface area (Å²) < 4.78 is 5.25. The number of alkyl carbamates (subject to hydrolysis) is 1. The number of benzene rings is 1. The first kappa shape index (κ1) is 30.3. The van der Waals surface area contributed by atoms with Crippen LogP contribution in [-0.2, 0) is 14.3 Å². The van der Waals surface area contributed by atoms with Gasteiger partial charge in [-0.25, -0.2) is 4.79 Å². The number of para-hydroxylation sites is 1. The van der Waals surface area contributed by atoms with Crippen LogP contribution >= 0.6 is 0 Å². The number of hydrogen-bond acceptors (Lipinski definition) is 5. The summed E-state index contributed by atoms with van der Waals surface area (Å²) in [7, 11) is 0. The molecule has 0 heterocycles. The number of aromatic hydroxyl groups is 1. The van der Waals surface area contributed by atoms with E-state index in [0.717, 1.165) is 38.5 Å². The third-order valence-corrected chi connectivity index (χ3v) is 5.56. The lowest BCUT2D eigenvalue weighted by atomic mass is 9.99. The quantitative estimate of drug-likeness (QED) is 0.318. The average molecular weight is 492 g/mol. The number of phenols is 1. The molecule has 8 heteroatoms. The topological polar surface area (TPSA) is 108 Å². The van der Waals surface area contributed by atoms with Crippen LogP contribution in [-0.4, -0.2) is 53.1 Å². The van der Waals surface area contributed by atoms with Crippen LogP contribution in [0.3, 0.4) is 0 Å². The fourth-order valence-corrected chi connectivity index (χ4v) is 3.69. The van der Waals surface area contributed by atoms with Crippen LogP contribution in [0.4, 0.5) is 4.79 Å². The van der Waals surface area contributed by atoms with Gasteiger partial charge in [0.15, 0.2) is 0 Å². The fourth-order valence-electron chi connectivity index (χ4n) is 3.69. The fraction of sp³-hybridized carbons (Fsp3) is 0.667. The maximum atomic E-state index is 13.4. The highest BCUT2D eigenvalue weighted by Crippen LogP contribution is 2.32. The molecule has 0 aromatic heterocycles. The minimum atomic E-state index is -1.01. The zero-order chi connectivity index (χ0) is 26.4. The molecule has 0 aliphatic carbocycles. The van der Waals surface area contributed by atoms with E-state index in [1.807, 2.05) is 6.92 Å². The van der Waals surface area contributed by atoms with Crippen molar-refractivity contribution in [2.45, 2.75) is 98.1 Å². The van der Waals surface area contributed by atoms with Crippen molar-refractivity contribution in [3.8, 4) is 5.75 Å². The molecule has 3 amide bonds. The molecule has 3 N–H and O–H groups in total. The van der Waals surface area contributed by atoms with Crippen LogP contribution < -0.4 is 10.6 Å². The molecule has 0 aliphatic heterocycles. The molecule has 1 unspecified atom stereocenters. The van der Waals surface area contributed by atoms with Crippen molar-refractivity contribution in [1.29, 1.82) is 0 Å². The van der Waals surface area contributed by atoms with E-state index in [1.54, 1.807) is 45.9 Å². The van der Waals surface area contributed by atoms with Crippen molar-refractivity contribution in [2.75, 3.05) is 19.6 Å². The van der Waals surface area contributed by atoms with Crippen LogP contribution in [0, 0.1) is 6.92 Å². The third-order valence-electron chi connectivity index (χ3n) is 5.56. The van der Waals surface area contributed by atoms with Gasteiger partial charge in [-0.05, 0) is 46.1 Å². The van der Waals surface area contributed by atoms with E-state index < -0.39 is 23.6 Å². The van der Waals surface area contributed by atoms with E-state index in [-0.39, 0.29) is 18.2 Å². The van der Waals surface area contributed by atoms with Crippen LogP contribution in [0.5, 0.6) is 5.75 Å². The number of ether oxygens (including phenoxy) is 1. The van der Waals surface area contributed by atoms with Gasteiger partial charge in [0.05, 0.1) is 0 Å². The molecule has 1 rings (SSSR count). The number of hydrogen-bond donors (Lipinski definition) is 3. The van der Waals surface area contributed by atoms with Gasteiger partial charge in [-0.3, -0.25) is 9.59 Å². The highest BCUT2D eigenvalue weighted by atomic mass is 16.6. The van der Waals surface area contributed by atoms with Gasteiger partial charge < -0.3 is 25.4 Å². The Balaban J connectivity index is 3.22. The molecule has 0 spiro atoms. The Bertz CT molecular complexity index is 820. The maximum absolute atomic E-state index is 13.4. The molecule has 0 radical (unpaired) electrons. The van der Waals surface area contributed by atoms with E-state index in [4.69, 9.17) is 4.74 Å². The molecule has 1 aromatic carbocycles. The Labute approximate surface area is 210 Å². The second kappa shape index (κ2) is 15.3. The number of amides is 3. The first-order valence-electron chi connectivity index (χ1n) is 12.8. The number of unbranched alkanes of at least 4 members (excludes halogenated alkanes) is 5. The molecule has 198 valence electrons. The zero-order valence-electron chi connectivity index (χ0n) is 22.4. The molecular formula is C27H45N3O5. The van der Waals surface area contributed by atoms with E-state index in [0.29, 0.717) is 30.6 Å². The maximum Gasteiger partial charge on any atom is 0.408 e. The van der Waals surface area contributed by atoms with Gasteiger partial charge in [0.1, 0.15) is 23.9 Å². The summed E-state index contributed by atoms with van der Waals surface area (Å²) >= 11 is 0. The van der Waals surface area contributed by atoms with Crippen molar-refractivity contribution in [1.82, 2.24) is 15.5 Å². The Morgan fingerprint density at radius 2 is 1.66 bits per heavy atom. The Morgan fingerprint density at radius 3 is 2.29 bits per heavy atom. The van der Waals surface area contributed by atoms with E-state index in [1.165, 1.54) is 4.90 Å². The Morgan fingerprint density at radius 1 is 1.00 bits per heavy atom. The van der Waals surface area contributed by atoms with Crippen LogP contribution in [0.25, 0.3) is 0 Å². The molecule has 0 fully saturated rings. The highest BCUT2D eigenvalue weighted by molar-refractivity contribution is 5.91. The minimum Gasteiger partial charge on any atom is -0.507 e. The van der Waals surface area contributed by atoms with Gasteiger partial charge in [0.25, 0.3) is 0 Å². The lowest BCUT2D eigenvalue weighted by molar-refractivity contribution is -0.140. The number of nitrogens with one attached hydrogen (secondary N) is 2. The lowest BCUT2D eigenvalue weighted by Crippen LogP contribution is -2.48. The summed E-state index contributed by atoms with van der Waals surface area (Å²) in [5, 5.41) is 16.2. The Kier molecular flexibility index (Phi) is 13.2. The molecule has 0 saturated carbocycles. The molecule has 0 saturated heterocycles. The van der Waals surface area contributed by atoms with Crippen LogP contribution in [0.15, 0.2) is 18.2 Å². The standard InChI is InChI=1S/C27H45N3O5/c1-7-9-11-12-13-18-30(22(31)19-29-26(34)35-27(4,5)6)23(25(33)28-17-10-8-2)21-16-14-15-20(3)24(21)32/h14-16,23,32H,7-13,17-19H2,1-6H3,(H,28,33)(H,29,34). The van der Waals surface area contributed by atoms with E-state index >= 15 is 0 Å². The molecule has 8 nitrogen and oxygen atoms in total. The van der Waals surface area contributed by atoms with Gasteiger partial charge in [0, 0.05) is 18.7 Å². The zero-order valence-corrected chi connectivity index (χ0v) is 22.4. The van der Waals surface area contributed by atoms with Crippen molar-refractivity contribution in [3.63, 3.8) is 0 Å². The molecule has 1 aromatic rings. The number of nitrogens with zero attached hydrogens (tertiary/aromatic N) is 1. The highest BCUT2D eigenvalue weighted by Gasteiger charge is 2.33. The van der Waals surface area contributed by atoms with E-state index in [2.05, 4.69) is 17.6 Å². The average Bonchev–Trinajstić information content (AvgIpc) is 2.78. The largest absolute Gasteiger partial charge is 0.507 e. The monoisotopic (exact) mass is 491 g/mol. The summed E-state index contributed by atoms with van der Waals surface area (Å²) in [5.74, 6) is -0.770. The SMILES string of the molecule is CCCCCCCN(C(=O)CNC(=O)OC(C)(C)C)C(C(=O)NCCCC)c1cccc(C)c1O. The smallest absolute Gasteiger partial charge is 0.408 e. The number of carbonyl (C=O) groups is 3. The van der Waals surface area contributed by atoms with Crippen molar-refractivity contribution >= 4 is 17.9 Å². The molecule has 35 heavy (non-hydrogen) atoms. The van der Waals surface area contributed by atoms with Crippen LogP contribution in [0.2, 0.25) is 0 Å². The first-order chi connectivity index (χ1) is 16.5. The van der Waals surface area contributed by atoms with Crippen molar-refractivity contribution in [2.24, 2.45) is 0 Å². The molecule has 0 aliphatic rings. The van der Waals surface area contributed by atoms with E-state index in [9.17, 15) is 19.5 Å². The van der Waals surface area contributed by atoms with Gasteiger partial charge in [0.2, 0.25) is 11.8 Å². The normalized spacial score (nSPS) is 12.1.